The molecule has 2 rings (SSSR count). The molecule has 0 radical (unpaired) electrons. The van der Waals surface area contributed by atoms with Crippen molar-refractivity contribution in [2.75, 3.05) is 26.8 Å². The van der Waals surface area contributed by atoms with Crippen molar-refractivity contribution in [2.24, 2.45) is 0 Å². The molecule has 0 aliphatic carbocycles. The number of hydrogen-bond donors (Lipinski definition) is 2. The maximum Gasteiger partial charge on any atom is 0.234 e. The highest BCUT2D eigenvalue weighted by Crippen LogP contribution is 2.14. The van der Waals surface area contributed by atoms with Gasteiger partial charge in [0.15, 0.2) is 0 Å². The lowest BCUT2D eigenvalue weighted by Gasteiger charge is -2.09. The van der Waals surface area contributed by atoms with E-state index in [4.69, 9.17) is 9.47 Å². The standard InChI is InChI=1S/C19H24N2O3.ClH/c1-23-12-11-20-14-19(22)21-13-16-7-9-18(10-8-16)24-15-17-5-3-2-4-6-17;/h2-10,20H,11-15H2,1H3,(H,21,22);1H. The Balaban J connectivity index is 0.00000312. The Bertz CT molecular complexity index is 606. The lowest BCUT2D eigenvalue weighted by atomic mass is 10.2. The predicted molar refractivity (Wildman–Crippen MR) is 101 cm³/mol. The molecule has 0 saturated carbocycles. The minimum Gasteiger partial charge on any atom is -0.489 e. The van der Waals surface area contributed by atoms with E-state index in [1.807, 2.05) is 54.6 Å². The average Bonchev–Trinajstić information content (AvgIpc) is 2.63. The molecule has 2 N–H and O–H groups in total. The zero-order valence-electron chi connectivity index (χ0n) is 14.4. The number of amides is 1. The van der Waals surface area contributed by atoms with Gasteiger partial charge in [0.05, 0.1) is 13.2 Å². The molecule has 5 nitrogen and oxygen atoms in total. The Labute approximate surface area is 155 Å². The number of hydrogen-bond acceptors (Lipinski definition) is 4. The normalized spacial score (nSPS) is 9.96. The van der Waals surface area contributed by atoms with E-state index in [-0.39, 0.29) is 18.3 Å². The van der Waals surface area contributed by atoms with Gasteiger partial charge in [0.2, 0.25) is 5.91 Å². The smallest absolute Gasteiger partial charge is 0.234 e. The molecule has 0 bridgehead atoms. The molecule has 0 heterocycles. The maximum absolute atomic E-state index is 11.7. The van der Waals surface area contributed by atoms with Crippen LogP contribution in [0, 0.1) is 0 Å². The molecule has 25 heavy (non-hydrogen) atoms. The summed E-state index contributed by atoms with van der Waals surface area (Å²) < 4.78 is 10.6. The predicted octanol–water partition coefficient (Wildman–Crippen LogP) is 2.54. The minimum atomic E-state index is -0.0319. The first kappa shape index (κ1) is 21.0. The fraction of sp³-hybridized carbons (Fsp3) is 0.316. The molecule has 136 valence electrons. The van der Waals surface area contributed by atoms with Gasteiger partial charge in [-0.1, -0.05) is 42.5 Å². The summed E-state index contributed by atoms with van der Waals surface area (Å²) in [5.41, 5.74) is 2.17. The molecule has 6 heteroatoms. The molecule has 0 fully saturated rings. The second kappa shape index (κ2) is 12.3. The van der Waals surface area contributed by atoms with Gasteiger partial charge in [-0.2, -0.15) is 0 Å². The van der Waals surface area contributed by atoms with Crippen LogP contribution in [0.15, 0.2) is 54.6 Å². The Morgan fingerprint density at radius 3 is 2.40 bits per heavy atom. The summed E-state index contributed by atoms with van der Waals surface area (Å²) in [7, 11) is 1.63. The molecule has 0 aliphatic rings. The highest BCUT2D eigenvalue weighted by atomic mass is 35.5. The lowest BCUT2D eigenvalue weighted by Crippen LogP contribution is -2.34. The van der Waals surface area contributed by atoms with Gasteiger partial charge in [0.25, 0.3) is 0 Å². The zero-order chi connectivity index (χ0) is 17.0. The highest BCUT2D eigenvalue weighted by molar-refractivity contribution is 5.85. The molecule has 0 saturated heterocycles. The number of halogens is 1. The van der Waals surface area contributed by atoms with Crippen LogP contribution in [-0.2, 0) is 22.7 Å². The van der Waals surface area contributed by atoms with Gasteiger partial charge in [-0.3, -0.25) is 4.79 Å². The Hall–Kier alpha value is -2.08. The number of ether oxygens (including phenoxy) is 2. The first-order chi connectivity index (χ1) is 11.8. The van der Waals surface area contributed by atoms with Crippen LogP contribution in [0.3, 0.4) is 0 Å². The molecule has 0 aliphatic heterocycles. The summed E-state index contributed by atoms with van der Waals surface area (Å²) in [6.45, 7) is 2.60. The van der Waals surface area contributed by atoms with Gasteiger partial charge in [0, 0.05) is 20.2 Å². The van der Waals surface area contributed by atoms with E-state index in [1.54, 1.807) is 7.11 Å². The van der Waals surface area contributed by atoms with Crippen molar-refractivity contribution in [2.45, 2.75) is 13.2 Å². The summed E-state index contributed by atoms with van der Waals surface area (Å²) in [4.78, 5) is 11.7. The second-order valence-corrected chi connectivity index (χ2v) is 5.36. The van der Waals surface area contributed by atoms with Crippen LogP contribution >= 0.6 is 12.4 Å². The van der Waals surface area contributed by atoms with Crippen molar-refractivity contribution in [3.63, 3.8) is 0 Å². The fourth-order valence-electron chi connectivity index (χ4n) is 2.08. The van der Waals surface area contributed by atoms with Crippen LogP contribution < -0.4 is 15.4 Å². The molecule has 2 aromatic rings. The molecule has 0 spiro atoms. The van der Waals surface area contributed by atoms with E-state index in [0.717, 1.165) is 16.9 Å². The SMILES string of the molecule is COCCNCC(=O)NCc1ccc(OCc2ccccc2)cc1.Cl. The quantitative estimate of drug-likeness (QED) is 0.636. The second-order valence-electron chi connectivity index (χ2n) is 5.36. The topological polar surface area (TPSA) is 59.6 Å². The van der Waals surface area contributed by atoms with Gasteiger partial charge in [-0.25, -0.2) is 0 Å². The van der Waals surface area contributed by atoms with Gasteiger partial charge < -0.3 is 20.1 Å². The van der Waals surface area contributed by atoms with Gasteiger partial charge in [-0.15, -0.1) is 12.4 Å². The van der Waals surface area contributed by atoms with Crippen LogP contribution in [0.2, 0.25) is 0 Å². The molecule has 0 atom stereocenters. The Morgan fingerprint density at radius 1 is 1.00 bits per heavy atom. The van der Waals surface area contributed by atoms with E-state index >= 15 is 0 Å². The molecular weight excluding hydrogens is 340 g/mol. The van der Waals surface area contributed by atoms with Crippen LogP contribution in [0.5, 0.6) is 5.75 Å². The third-order valence-corrected chi connectivity index (χ3v) is 3.43. The summed E-state index contributed by atoms with van der Waals surface area (Å²) in [5, 5.41) is 5.88. The van der Waals surface area contributed by atoms with Crippen molar-refractivity contribution in [3.05, 3.63) is 65.7 Å². The molecule has 0 aromatic heterocycles. The maximum atomic E-state index is 11.7. The van der Waals surface area contributed by atoms with Crippen LogP contribution in [0.25, 0.3) is 0 Å². The van der Waals surface area contributed by atoms with Crippen molar-refractivity contribution in [3.8, 4) is 5.75 Å². The molecule has 2 aromatic carbocycles. The van der Waals surface area contributed by atoms with Gasteiger partial charge in [0.1, 0.15) is 12.4 Å². The summed E-state index contributed by atoms with van der Waals surface area (Å²) in [5.74, 6) is 0.783. The number of carbonyl (C=O) groups is 1. The first-order valence-electron chi connectivity index (χ1n) is 8.00. The third-order valence-electron chi connectivity index (χ3n) is 3.43. The molecular formula is C19H25ClN2O3. The fourth-order valence-corrected chi connectivity index (χ4v) is 2.08. The monoisotopic (exact) mass is 364 g/mol. The van der Waals surface area contributed by atoms with E-state index in [1.165, 1.54) is 0 Å². The Kier molecular flexibility index (Phi) is 10.3. The third kappa shape index (κ3) is 8.54. The van der Waals surface area contributed by atoms with Gasteiger partial charge >= 0.3 is 0 Å². The zero-order valence-corrected chi connectivity index (χ0v) is 15.2. The van der Waals surface area contributed by atoms with Crippen molar-refractivity contribution < 1.29 is 14.3 Å². The number of benzene rings is 2. The van der Waals surface area contributed by atoms with Crippen molar-refractivity contribution in [1.82, 2.24) is 10.6 Å². The van der Waals surface area contributed by atoms with Crippen molar-refractivity contribution >= 4 is 18.3 Å². The first-order valence-corrected chi connectivity index (χ1v) is 8.00. The number of carbonyl (C=O) groups excluding carboxylic acids is 1. The van der Waals surface area contributed by atoms with Gasteiger partial charge in [-0.05, 0) is 23.3 Å². The lowest BCUT2D eigenvalue weighted by molar-refractivity contribution is -0.120. The van der Waals surface area contributed by atoms with Crippen LogP contribution in [0.1, 0.15) is 11.1 Å². The summed E-state index contributed by atoms with van der Waals surface area (Å²) in [6, 6.07) is 17.8. The molecule has 0 unspecified atom stereocenters. The van der Waals surface area contributed by atoms with E-state index in [2.05, 4.69) is 10.6 Å². The van der Waals surface area contributed by atoms with Crippen LogP contribution in [-0.4, -0.2) is 32.7 Å². The van der Waals surface area contributed by atoms with E-state index < -0.39 is 0 Å². The number of methoxy groups -OCH3 is 1. The minimum absolute atomic E-state index is 0. The summed E-state index contributed by atoms with van der Waals surface area (Å²) >= 11 is 0. The van der Waals surface area contributed by atoms with Crippen LogP contribution in [0.4, 0.5) is 0 Å². The molecule has 1 amide bonds. The Morgan fingerprint density at radius 2 is 1.72 bits per heavy atom. The number of nitrogens with one attached hydrogen (secondary N) is 2. The van der Waals surface area contributed by atoms with Crippen molar-refractivity contribution in [1.29, 1.82) is 0 Å². The summed E-state index contributed by atoms with van der Waals surface area (Å²) in [6.07, 6.45) is 0. The number of rotatable bonds is 10. The average molecular weight is 365 g/mol. The largest absolute Gasteiger partial charge is 0.489 e. The highest BCUT2D eigenvalue weighted by Gasteiger charge is 2.01. The van der Waals surface area contributed by atoms with E-state index in [0.29, 0.717) is 32.8 Å². The van der Waals surface area contributed by atoms with E-state index in [9.17, 15) is 4.79 Å².